The first-order valence-electron chi connectivity index (χ1n) is 4.47. The zero-order valence-corrected chi connectivity index (χ0v) is 8.14. The Labute approximate surface area is 77.6 Å². The molecule has 1 aromatic carbocycles. The average molecular weight is 184 g/mol. The predicted molar refractivity (Wildman–Crippen MR) is 49.6 cm³/mol. The molecule has 0 aromatic heterocycles. The Morgan fingerprint density at radius 1 is 1.08 bits per heavy atom. The Balaban J connectivity index is 3.01. The lowest BCUT2D eigenvalue weighted by atomic mass is 9.90. The average Bonchev–Trinajstić information content (AvgIpc) is 2.03. The van der Waals surface area contributed by atoms with E-state index in [0.717, 1.165) is 6.07 Å². The van der Waals surface area contributed by atoms with Crippen molar-refractivity contribution in [2.45, 2.75) is 26.7 Å². The molecule has 72 valence electrons. The molecule has 0 bridgehead atoms. The fraction of sp³-hybridized carbons (Fsp3) is 0.455. The zero-order valence-electron chi connectivity index (χ0n) is 8.14. The van der Waals surface area contributed by atoms with Crippen LogP contribution in [0.25, 0.3) is 0 Å². The molecule has 2 heteroatoms. The lowest BCUT2D eigenvalue weighted by Gasteiger charge is -2.16. The molecule has 0 fully saturated rings. The van der Waals surface area contributed by atoms with Gasteiger partial charge >= 0.3 is 0 Å². The molecule has 0 N–H and O–H groups in total. The first-order valence-corrected chi connectivity index (χ1v) is 4.47. The minimum absolute atomic E-state index is 0.126. The van der Waals surface area contributed by atoms with Crippen molar-refractivity contribution < 1.29 is 8.78 Å². The quantitative estimate of drug-likeness (QED) is 0.657. The lowest BCUT2D eigenvalue weighted by Crippen LogP contribution is -2.04. The van der Waals surface area contributed by atoms with Crippen LogP contribution in [0.2, 0.25) is 0 Å². The fourth-order valence-corrected chi connectivity index (χ4v) is 1.23. The van der Waals surface area contributed by atoms with E-state index >= 15 is 0 Å². The first kappa shape index (κ1) is 10.2. The van der Waals surface area contributed by atoms with Crippen LogP contribution in [0.5, 0.6) is 0 Å². The molecule has 0 nitrogen and oxygen atoms in total. The third-order valence-corrected chi connectivity index (χ3v) is 2.45. The van der Waals surface area contributed by atoms with E-state index in [0.29, 0.717) is 11.5 Å². The first-order chi connectivity index (χ1) is 6.02. The van der Waals surface area contributed by atoms with Crippen molar-refractivity contribution in [1.82, 2.24) is 0 Å². The Bertz CT molecular complexity index is 292. The number of halogens is 2. The molecule has 0 aliphatic rings. The molecule has 1 rings (SSSR count). The van der Waals surface area contributed by atoms with E-state index in [9.17, 15) is 8.78 Å². The van der Waals surface area contributed by atoms with Crippen molar-refractivity contribution in [3.8, 4) is 0 Å². The molecule has 0 amide bonds. The van der Waals surface area contributed by atoms with Crippen LogP contribution in [0.15, 0.2) is 18.2 Å². The number of hydrogen-bond acceptors (Lipinski definition) is 0. The molecule has 1 unspecified atom stereocenters. The normalized spacial score (nSPS) is 13.4. The van der Waals surface area contributed by atoms with Gasteiger partial charge in [0.15, 0.2) is 0 Å². The summed E-state index contributed by atoms with van der Waals surface area (Å²) >= 11 is 0. The second kappa shape index (κ2) is 3.86. The van der Waals surface area contributed by atoms with E-state index in [2.05, 4.69) is 0 Å². The standard InChI is InChI=1S/C11H14F2/c1-7(2)8(3)10-5-4-9(12)6-11(10)13/h4-8H,1-3H3. The Morgan fingerprint density at radius 3 is 2.15 bits per heavy atom. The van der Waals surface area contributed by atoms with Crippen molar-refractivity contribution in [3.05, 3.63) is 35.4 Å². The Hall–Kier alpha value is -0.920. The second-order valence-electron chi connectivity index (χ2n) is 3.70. The van der Waals surface area contributed by atoms with Gasteiger partial charge in [-0.2, -0.15) is 0 Å². The SMILES string of the molecule is CC(C)C(C)c1ccc(F)cc1F. The van der Waals surface area contributed by atoms with E-state index < -0.39 is 11.6 Å². The van der Waals surface area contributed by atoms with Crippen LogP contribution in [0, 0.1) is 17.6 Å². The number of hydrogen-bond donors (Lipinski definition) is 0. The van der Waals surface area contributed by atoms with Crippen LogP contribution in [0.3, 0.4) is 0 Å². The van der Waals surface area contributed by atoms with Crippen LogP contribution < -0.4 is 0 Å². The molecule has 0 saturated carbocycles. The Kier molecular flexibility index (Phi) is 3.02. The summed E-state index contributed by atoms with van der Waals surface area (Å²) in [6.07, 6.45) is 0. The zero-order chi connectivity index (χ0) is 10.0. The van der Waals surface area contributed by atoms with Gasteiger partial charge in [0.2, 0.25) is 0 Å². The van der Waals surface area contributed by atoms with Crippen molar-refractivity contribution in [2.75, 3.05) is 0 Å². The van der Waals surface area contributed by atoms with Crippen molar-refractivity contribution in [1.29, 1.82) is 0 Å². The van der Waals surface area contributed by atoms with E-state index in [1.807, 2.05) is 20.8 Å². The fourth-order valence-electron chi connectivity index (χ4n) is 1.23. The molecule has 1 aromatic rings. The van der Waals surface area contributed by atoms with Crippen LogP contribution in [-0.4, -0.2) is 0 Å². The molecule has 0 saturated heterocycles. The highest BCUT2D eigenvalue weighted by Crippen LogP contribution is 2.26. The molecule has 0 spiro atoms. The summed E-state index contributed by atoms with van der Waals surface area (Å²) in [5.41, 5.74) is 0.594. The molecule has 0 aliphatic carbocycles. The van der Waals surface area contributed by atoms with Crippen molar-refractivity contribution in [3.63, 3.8) is 0 Å². The minimum atomic E-state index is -0.516. The van der Waals surface area contributed by atoms with Crippen molar-refractivity contribution >= 4 is 0 Å². The van der Waals surface area contributed by atoms with Gasteiger partial charge in [-0.05, 0) is 23.5 Å². The van der Waals surface area contributed by atoms with Gasteiger partial charge < -0.3 is 0 Å². The molecular weight excluding hydrogens is 170 g/mol. The summed E-state index contributed by atoms with van der Waals surface area (Å²) in [7, 11) is 0. The summed E-state index contributed by atoms with van der Waals surface area (Å²) in [5, 5.41) is 0. The van der Waals surface area contributed by atoms with Gasteiger partial charge in [-0.15, -0.1) is 0 Å². The van der Waals surface area contributed by atoms with Gasteiger partial charge in [-0.25, -0.2) is 8.78 Å². The number of benzene rings is 1. The van der Waals surface area contributed by atoms with E-state index in [1.54, 1.807) is 0 Å². The van der Waals surface area contributed by atoms with Gasteiger partial charge in [-0.1, -0.05) is 26.8 Å². The number of rotatable bonds is 2. The summed E-state index contributed by atoms with van der Waals surface area (Å²) in [4.78, 5) is 0. The van der Waals surface area contributed by atoms with Crippen molar-refractivity contribution in [2.24, 2.45) is 5.92 Å². The molecule has 0 radical (unpaired) electrons. The highest BCUT2D eigenvalue weighted by Gasteiger charge is 2.14. The second-order valence-corrected chi connectivity index (χ2v) is 3.70. The van der Waals surface area contributed by atoms with E-state index in [-0.39, 0.29) is 5.92 Å². The van der Waals surface area contributed by atoms with Gasteiger partial charge in [0.1, 0.15) is 11.6 Å². The topological polar surface area (TPSA) is 0 Å². The maximum absolute atomic E-state index is 13.2. The van der Waals surface area contributed by atoms with E-state index in [4.69, 9.17) is 0 Å². The van der Waals surface area contributed by atoms with Gasteiger partial charge in [0, 0.05) is 6.07 Å². The highest BCUT2D eigenvalue weighted by molar-refractivity contribution is 5.22. The van der Waals surface area contributed by atoms with Gasteiger partial charge in [-0.3, -0.25) is 0 Å². The summed E-state index contributed by atoms with van der Waals surface area (Å²) < 4.78 is 25.8. The van der Waals surface area contributed by atoms with E-state index in [1.165, 1.54) is 12.1 Å². The third-order valence-electron chi connectivity index (χ3n) is 2.45. The monoisotopic (exact) mass is 184 g/mol. The molecule has 0 heterocycles. The highest BCUT2D eigenvalue weighted by atomic mass is 19.1. The predicted octanol–water partition coefficient (Wildman–Crippen LogP) is 3.72. The summed E-state index contributed by atoms with van der Waals surface area (Å²) in [6, 6.07) is 3.76. The smallest absolute Gasteiger partial charge is 0.129 e. The third kappa shape index (κ3) is 2.27. The van der Waals surface area contributed by atoms with Crippen LogP contribution in [0.4, 0.5) is 8.78 Å². The molecule has 0 aliphatic heterocycles. The largest absolute Gasteiger partial charge is 0.207 e. The van der Waals surface area contributed by atoms with Gasteiger partial charge in [0.05, 0.1) is 0 Å². The van der Waals surface area contributed by atoms with Gasteiger partial charge in [0.25, 0.3) is 0 Å². The molecular formula is C11H14F2. The summed E-state index contributed by atoms with van der Waals surface area (Å²) in [5.74, 6) is -0.473. The van der Waals surface area contributed by atoms with Crippen LogP contribution >= 0.6 is 0 Å². The minimum Gasteiger partial charge on any atom is -0.207 e. The maximum Gasteiger partial charge on any atom is 0.129 e. The Morgan fingerprint density at radius 2 is 1.69 bits per heavy atom. The molecule has 1 atom stereocenters. The lowest BCUT2D eigenvalue weighted by molar-refractivity contribution is 0.495. The maximum atomic E-state index is 13.2. The van der Waals surface area contributed by atoms with Crippen LogP contribution in [-0.2, 0) is 0 Å². The molecule has 13 heavy (non-hydrogen) atoms. The van der Waals surface area contributed by atoms with Crippen LogP contribution in [0.1, 0.15) is 32.3 Å². The summed E-state index contributed by atoms with van der Waals surface area (Å²) in [6.45, 7) is 5.99.